The molecule has 1 aliphatic heterocycles. The average molecular weight is 519 g/mol. The fourth-order valence-corrected chi connectivity index (χ4v) is 35.7. The molecule has 1 aromatic carbocycles. The van der Waals surface area contributed by atoms with Crippen molar-refractivity contribution in [1.29, 1.82) is 0 Å². The van der Waals surface area contributed by atoms with Gasteiger partial charge in [-0.1, -0.05) is 0 Å². The Bertz CT molecular complexity index is 722. The van der Waals surface area contributed by atoms with Crippen LogP contribution >= 0.6 is 0 Å². The van der Waals surface area contributed by atoms with Gasteiger partial charge in [0.15, 0.2) is 0 Å². The zero-order chi connectivity index (χ0) is 23.4. The summed E-state index contributed by atoms with van der Waals surface area (Å²) in [6, 6.07) is 11.0. The molecule has 0 aliphatic carbocycles. The van der Waals surface area contributed by atoms with Crippen molar-refractivity contribution in [1.82, 2.24) is 0 Å². The van der Waals surface area contributed by atoms with Gasteiger partial charge in [0, 0.05) is 0 Å². The predicted molar refractivity (Wildman–Crippen MR) is 135 cm³/mol. The van der Waals surface area contributed by atoms with E-state index in [0.29, 0.717) is 0 Å². The van der Waals surface area contributed by atoms with Gasteiger partial charge in [-0.2, -0.15) is 0 Å². The van der Waals surface area contributed by atoms with Crippen molar-refractivity contribution >= 4 is 29.1 Å². The van der Waals surface area contributed by atoms with E-state index in [1.165, 1.54) is 9.15 Å². The van der Waals surface area contributed by atoms with Crippen LogP contribution in [0.25, 0.3) is 3.59 Å². The molecule has 0 spiro atoms. The van der Waals surface area contributed by atoms with E-state index in [0.717, 1.165) is 0 Å². The standard InChI is InChI=1S/C14H18BO2.3C4H9.Sn/c1-13(2)14(3,4)17-15(16-13)11-10-12-8-6-5-7-9-12;3*1-4(2)3;/h5-9,11H,1-4H3;3*1-3H3;. The zero-order valence-corrected chi connectivity index (χ0v) is 24.7. The van der Waals surface area contributed by atoms with Crippen LogP contribution in [0.5, 0.6) is 0 Å². The molecule has 0 radical (unpaired) electrons. The fraction of sp³-hybridized carbons (Fsp3) is 0.692. The summed E-state index contributed by atoms with van der Waals surface area (Å²) in [6.45, 7) is 30.8. The van der Waals surface area contributed by atoms with E-state index in [1.807, 2.05) is 0 Å². The van der Waals surface area contributed by atoms with Gasteiger partial charge >= 0.3 is 192 Å². The van der Waals surface area contributed by atoms with Gasteiger partial charge in [0.05, 0.1) is 0 Å². The van der Waals surface area contributed by atoms with Crippen molar-refractivity contribution in [3.8, 4) is 0 Å². The van der Waals surface area contributed by atoms with Crippen LogP contribution in [0.3, 0.4) is 0 Å². The molecule has 0 bridgehead atoms. The number of hydrogen-bond acceptors (Lipinski definition) is 2. The molecular weight excluding hydrogens is 474 g/mol. The molecular formula is C26H45BO2Sn. The third-order valence-electron chi connectivity index (χ3n) is 7.44. The quantitative estimate of drug-likeness (QED) is 0.376. The molecule has 1 aromatic rings. The molecule has 0 atom stereocenters. The molecule has 1 aliphatic rings. The Kier molecular flexibility index (Phi) is 6.89. The molecule has 4 heteroatoms. The zero-order valence-electron chi connectivity index (χ0n) is 21.9. The second kappa shape index (κ2) is 7.95. The van der Waals surface area contributed by atoms with Gasteiger partial charge in [-0.15, -0.1) is 0 Å². The molecule has 2 nitrogen and oxygen atoms in total. The summed E-state index contributed by atoms with van der Waals surface area (Å²) >= 11 is -3.29. The SMILES string of the molecule is CC1(C)OB(/C=[C](/c2ccccc2)[Sn]([C](C)(C)C)([C](C)(C)C)[C](C)(C)C)OC1(C)C. The van der Waals surface area contributed by atoms with Crippen molar-refractivity contribution in [2.75, 3.05) is 0 Å². The Morgan fingerprint density at radius 3 is 1.43 bits per heavy atom. The first-order valence-electron chi connectivity index (χ1n) is 11.4. The summed E-state index contributed by atoms with van der Waals surface area (Å²) in [6.07, 6.45) is 0. The predicted octanol–water partition coefficient (Wildman–Crippen LogP) is 8.09. The summed E-state index contributed by atoms with van der Waals surface area (Å²) in [5, 5.41) is 0. The van der Waals surface area contributed by atoms with Crippen molar-refractivity contribution in [3.63, 3.8) is 0 Å². The normalized spacial score (nSPS) is 20.6. The van der Waals surface area contributed by atoms with Crippen molar-refractivity contribution < 1.29 is 9.31 Å². The van der Waals surface area contributed by atoms with E-state index in [-0.39, 0.29) is 28.6 Å². The van der Waals surface area contributed by atoms with E-state index < -0.39 is 18.4 Å². The third-order valence-corrected chi connectivity index (χ3v) is 30.3. The summed E-state index contributed by atoms with van der Waals surface area (Å²) in [7, 11) is -0.326. The molecule has 2 rings (SSSR count). The Morgan fingerprint density at radius 1 is 0.733 bits per heavy atom. The maximum atomic E-state index is 6.48. The van der Waals surface area contributed by atoms with Crippen LogP contribution < -0.4 is 0 Å². The van der Waals surface area contributed by atoms with Crippen LogP contribution in [0.15, 0.2) is 36.3 Å². The Balaban J connectivity index is 2.88. The molecule has 0 unspecified atom stereocenters. The molecule has 30 heavy (non-hydrogen) atoms. The average Bonchev–Trinajstić information content (AvgIpc) is 2.70. The van der Waals surface area contributed by atoms with Gasteiger partial charge < -0.3 is 0 Å². The third kappa shape index (κ3) is 4.32. The Labute approximate surface area is 191 Å². The maximum absolute atomic E-state index is 6.48. The molecule has 1 fully saturated rings. The first kappa shape index (κ1) is 26.0. The van der Waals surface area contributed by atoms with Gasteiger partial charge in [-0.3, -0.25) is 0 Å². The van der Waals surface area contributed by atoms with E-state index in [9.17, 15) is 0 Å². The monoisotopic (exact) mass is 520 g/mol. The second-order valence-electron chi connectivity index (χ2n) is 13.1. The number of hydrogen-bond donors (Lipinski definition) is 0. The van der Waals surface area contributed by atoms with Gasteiger partial charge in [0.1, 0.15) is 0 Å². The topological polar surface area (TPSA) is 18.5 Å². The Morgan fingerprint density at radius 2 is 1.10 bits per heavy atom. The Hall–Kier alpha value is -0.256. The summed E-state index contributed by atoms with van der Waals surface area (Å²) < 4.78 is 15.1. The molecule has 0 amide bonds. The molecule has 0 N–H and O–H groups in total. The van der Waals surface area contributed by atoms with Crippen molar-refractivity contribution in [3.05, 3.63) is 41.9 Å². The summed E-state index contributed by atoms with van der Waals surface area (Å²) in [4.78, 5) is 0. The molecule has 1 saturated heterocycles. The molecule has 0 aromatic heterocycles. The van der Waals surface area contributed by atoms with E-state index in [1.54, 1.807) is 0 Å². The number of benzene rings is 1. The van der Waals surface area contributed by atoms with Crippen LogP contribution in [0.1, 0.15) is 95.6 Å². The van der Waals surface area contributed by atoms with E-state index >= 15 is 0 Å². The summed E-state index contributed by atoms with van der Waals surface area (Å²) in [5.74, 6) is 2.36. The van der Waals surface area contributed by atoms with Crippen LogP contribution in [-0.2, 0) is 9.31 Å². The minimum atomic E-state index is -3.29. The minimum absolute atomic E-state index is 0.205. The van der Waals surface area contributed by atoms with Gasteiger partial charge in [0.2, 0.25) is 0 Å². The first-order chi connectivity index (χ1) is 13.3. The van der Waals surface area contributed by atoms with Crippen molar-refractivity contribution in [2.24, 2.45) is 0 Å². The van der Waals surface area contributed by atoms with Crippen LogP contribution in [0.4, 0.5) is 0 Å². The second-order valence-corrected chi connectivity index (χ2v) is 31.7. The fourth-order valence-electron chi connectivity index (χ4n) is 6.74. The molecule has 0 saturated carbocycles. The van der Waals surface area contributed by atoms with E-state index in [4.69, 9.17) is 9.31 Å². The van der Waals surface area contributed by atoms with Gasteiger partial charge in [0.25, 0.3) is 0 Å². The van der Waals surface area contributed by atoms with Crippen LogP contribution in [0, 0.1) is 0 Å². The first-order valence-corrected chi connectivity index (χ1v) is 17.1. The van der Waals surface area contributed by atoms with E-state index in [2.05, 4.69) is 126 Å². The van der Waals surface area contributed by atoms with Crippen LogP contribution in [-0.4, -0.2) is 36.7 Å². The van der Waals surface area contributed by atoms with Gasteiger partial charge in [-0.25, -0.2) is 0 Å². The number of rotatable bonds is 3. The summed E-state index contributed by atoms with van der Waals surface area (Å²) in [5.41, 5.74) is 0.668. The molecule has 168 valence electrons. The van der Waals surface area contributed by atoms with Crippen LogP contribution in [0.2, 0.25) is 10.3 Å². The van der Waals surface area contributed by atoms with Gasteiger partial charge in [-0.05, 0) is 0 Å². The van der Waals surface area contributed by atoms with Crippen molar-refractivity contribution in [2.45, 2.75) is 112 Å². The molecule has 1 heterocycles.